The molecule has 2 aliphatic heterocycles. The average molecular weight is 505 g/mol. The Morgan fingerprint density at radius 1 is 1.17 bits per heavy atom. The summed E-state index contributed by atoms with van der Waals surface area (Å²) in [6, 6.07) is 17.7. The number of aliphatic hydroxyl groups is 1. The molecule has 36 heavy (non-hydrogen) atoms. The summed E-state index contributed by atoms with van der Waals surface area (Å²) in [5, 5.41) is 24.2. The molecule has 0 saturated carbocycles. The van der Waals surface area contributed by atoms with E-state index in [9.17, 15) is 15.2 Å². The third-order valence-corrected chi connectivity index (χ3v) is 9.53. The first-order valence-corrected chi connectivity index (χ1v) is 14.0. The van der Waals surface area contributed by atoms with E-state index in [-0.39, 0.29) is 17.9 Å². The number of thiophene rings is 1. The van der Waals surface area contributed by atoms with Gasteiger partial charge in [0, 0.05) is 55.2 Å². The third kappa shape index (κ3) is 4.58. The number of β-amino-alcohol motifs (C(OH)–C–C–N with tert-alkyl or cyclic N) is 1. The number of nitriles is 1. The molecular formula is C29H36N4O2S. The van der Waals surface area contributed by atoms with Crippen LogP contribution in [0.4, 0.5) is 0 Å². The number of likely N-dealkylation sites (tertiary alicyclic amines) is 2. The van der Waals surface area contributed by atoms with Crippen LogP contribution in [0.5, 0.6) is 0 Å². The molecule has 3 aromatic rings. The molecule has 0 radical (unpaired) electrons. The van der Waals surface area contributed by atoms with E-state index in [0.29, 0.717) is 32.0 Å². The first-order valence-electron chi connectivity index (χ1n) is 13.1. The molecule has 1 aromatic carbocycles. The number of fused-ring (bicyclic) bond motifs is 1. The summed E-state index contributed by atoms with van der Waals surface area (Å²) < 4.78 is 2.40. The molecule has 0 aliphatic carbocycles. The molecule has 2 fully saturated rings. The number of aromatic nitrogens is 1. The van der Waals surface area contributed by atoms with E-state index < -0.39 is 11.5 Å². The van der Waals surface area contributed by atoms with Crippen LogP contribution in [-0.4, -0.2) is 63.7 Å². The van der Waals surface area contributed by atoms with Crippen molar-refractivity contribution >= 4 is 28.1 Å². The number of carbonyl (C=O) groups is 1. The van der Waals surface area contributed by atoms with Gasteiger partial charge in [-0.2, -0.15) is 5.26 Å². The van der Waals surface area contributed by atoms with Gasteiger partial charge in [0.15, 0.2) is 0 Å². The molecule has 7 heteroatoms. The normalized spacial score (nSPS) is 23.2. The Morgan fingerprint density at radius 3 is 2.64 bits per heavy atom. The van der Waals surface area contributed by atoms with Gasteiger partial charge in [0.2, 0.25) is 5.91 Å². The number of carbonyl (C=O) groups excluding carboxylic acids is 1. The number of rotatable bonds is 7. The van der Waals surface area contributed by atoms with Crippen LogP contribution in [0.2, 0.25) is 0 Å². The van der Waals surface area contributed by atoms with Gasteiger partial charge < -0.3 is 14.6 Å². The van der Waals surface area contributed by atoms with Gasteiger partial charge in [-0.1, -0.05) is 38.1 Å². The van der Waals surface area contributed by atoms with E-state index in [4.69, 9.17) is 0 Å². The maximum Gasteiger partial charge on any atom is 0.222 e. The zero-order chi connectivity index (χ0) is 25.3. The Balaban J connectivity index is 1.18. The maximum absolute atomic E-state index is 13.2. The van der Waals surface area contributed by atoms with Gasteiger partial charge in [-0.05, 0) is 54.1 Å². The largest absolute Gasteiger partial charge is 0.390 e. The summed E-state index contributed by atoms with van der Waals surface area (Å²) >= 11 is 1.59. The monoisotopic (exact) mass is 504 g/mol. The highest BCUT2D eigenvalue weighted by atomic mass is 32.1. The van der Waals surface area contributed by atoms with Gasteiger partial charge in [0.05, 0.1) is 23.6 Å². The standard InChI is InChI=1S/C29H36N4O2S/c1-21(2)29(20-30,27-8-5-17-36-27)13-9-28(35)32-18-25(26(34)19-32)31-14-11-23(12-15-31)33-16-10-22-6-3-4-7-24(22)33/h3-8,10,16-17,21,23,25-26,34H,9,11-15,18-19H2,1-2H3. The van der Waals surface area contributed by atoms with Crippen LogP contribution < -0.4 is 0 Å². The van der Waals surface area contributed by atoms with Gasteiger partial charge in [0.25, 0.3) is 0 Å². The van der Waals surface area contributed by atoms with Gasteiger partial charge in [-0.25, -0.2) is 0 Å². The molecule has 0 spiro atoms. The van der Waals surface area contributed by atoms with Crippen LogP contribution in [0, 0.1) is 17.2 Å². The van der Waals surface area contributed by atoms with E-state index >= 15 is 0 Å². The fraction of sp³-hybridized carbons (Fsp3) is 0.517. The number of amides is 1. The molecule has 5 rings (SSSR count). The number of aliphatic hydroxyl groups excluding tert-OH is 1. The fourth-order valence-corrected chi connectivity index (χ4v) is 7.24. The van der Waals surface area contributed by atoms with Crippen molar-refractivity contribution in [1.29, 1.82) is 5.26 Å². The number of benzene rings is 1. The molecule has 3 atom stereocenters. The summed E-state index contributed by atoms with van der Waals surface area (Å²) in [5.74, 6) is 0.159. The Labute approximate surface area is 217 Å². The van der Waals surface area contributed by atoms with Gasteiger partial charge in [0.1, 0.15) is 0 Å². The second-order valence-corrected chi connectivity index (χ2v) is 11.6. The molecule has 2 aliphatic rings. The zero-order valence-electron chi connectivity index (χ0n) is 21.2. The summed E-state index contributed by atoms with van der Waals surface area (Å²) in [4.78, 5) is 18.4. The highest BCUT2D eigenvalue weighted by molar-refractivity contribution is 7.10. The third-order valence-electron chi connectivity index (χ3n) is 8.48. The second kappa shape index (κ2) is 10.4. The second-order valence-electron chi connectivity index (χ2n) is 10.7. The molecule has 1 N–H and O–H groups in total. The molecule has 2 saturated heterocycles. The van der Waals surface area contributed by atoms with Crippen molar-refractivity contribution in [3.63, 3.8) is 0 Å². The fourth-order valence-electron chi connectivity index (χ4n) is 6.18. The topological polar surface area (TPSA) is 72.5 Å². The van der Waals surface area contributed by atoms with Gasteiger partial charge in [-0.3, -0.25) is 9.69 Å². The van der Waals surface area contributed by atoms with E-state index in [1.807, 2.05) is 22.4 Å². The lowest BCUT2D eigenvalue weighted by Gasteiger charge is -2.37. The smallest absolute Gasteiger partial charge is 0.222 e. The zero-order valence-corrected chi connectivity index (χ0v) is 22.0. The minimum atomic E-state index is -0.647. The lowest BCUT2D eigenvalue weighted by molar-refractivity contribution is -0.131. The number of hydrogen-bond donors (Lipinski definition) is 1. The number of hydrogen-bond acceptors (Lipinski definition) is 5. The van der Waals surface area contributed by atoms with Crippen molar-refractivity contribution in [1.82, 2.24) is 14.4 Å². The maximum atomic E-state index is 13.2. The van der Waals surface area contributed by atoms with E-state index in [0.717, 1.165) is 30.8 Å². The predicted octanol–water partition coefficient (Wildman–Crippen LogP) is 4.81. The highest BCUT2D eigenvalue weighted by Crippen LogP contribution is 2.39. The van der Waals surface area contributed by atoms with Crippen LogP contribution in [0.1, 0.15) is 50.4 Å². The van der Waals surface area contributed by atoms with E-state index in [1.165, 1.54) is 10.9 Å². The number of piperidine rings is 1. The molecule has 0 bridgehead atoms. The molecule has 2 aromatic heterocycles. The van der Waals surface area contributed by atoms with Crippen LogP contribution in [-0.2, 0) is 10.2 Å². The van der Waals surface area contributed by atoms with Gasteiger partial charge >= 0.3 is 0 Å². The predicted molar refractivity (Wildman–Crippen MR) is 144 cm³/mol. The van der Waals surface area contributed by atoms with Crippen molar-refractivity contribution in [2.24, 2.45) is 5.92 Å². The summed E-state index contributed by atoms with van der Waals surface area (Å²) in [7, 11) is 0. The Morgan fingerprint density at radius 2 is 1.94 bits per heavy atom. The minimum absolute atomic E-state index is 0.0144. The Hall–Kier alpha value is -2.66. The molecule has 190 valence electrons. The van der Waals surface area contributed by atoms with E-state index in [1.54, 1.807) is 11.3 Å². The summed E-state index contributed by atoms with van der Waals surface area (Å²) in [6.07, 6.45) is 4.58. The highest BCUT2D eigenvalue weighted by Gasteiger charge is 2.41. The Kier molecular flexibility index (Phi) is 7.21. The van der Waals surface area contributed by atoms with Crippen LogP contribution in [0.3, 0.4) is 0 Å². The van der Waals surface area contributed by atoms with Crippen LogP contribution >= 0.6 is 11.3 Å². The van der Waals surface area contributed by atoms with Crippen LogP contribution in [0.15, 0.2) is 54.0 Å². The van der Waals surface area contributed by atoms with Crippen molar-refractivity contribution in [2.75, 3.05) is 26.2 Å². The van der Waals surface area contributed by atoms with Crippen molar-refractivity contribution in [3.05, 3.63) is 58.9 Å². The molecule has 1 amide bonds. The summed E-state index contributed by atoms with van der Waals surface area (Å²) in [5.41, 5.74) is 0.637. The van der Waals surface area contributed by atoms with Gasteiger partial charge in [-0.15, -0.1) is 11.3 Å². The SMILES string of the molecule is CC(C)C(C#N)(CCC(=O)N1CC(O)C(N2CCC(n3ccc4ccccc43)CC2)C1)c1cccs1. The van der Waals surface area contributed by atoms with Crippen molar-refractivity contribution < 1.29 is 9.90 Å². The number of para-hydroxylation sites is 1. The lowest BCUT2D eigenvalue weighted by Crippen LogP contribution is -2.47. The average Bonchev–Trinajstić information content (AvgIpc) is 3.65. The molecule has 3 unspecified atom stereocenters. The van der Waals surface area contributed by atoms with Crippen LogP contribution in [0.25, 0.3) is 10.9 Å². The Bertz CT molecular complexity index is 1220. The first kappa shape index (κ1) is 25.0. The number of nitrogens with zero attached hydrogens (tertiary/aromatic N) is 4. The van der Waals surface area contributed by atoms with Crippen molar-refractivity contribution in [3.8, 4) is 6.07 Å². The van der Waals surface area contributed by atoms with Crippen molar-refractivity contribution in [2.45, 2.75) is 63.1 Å². The minimum Gasteiger partial charge on any atom is -0.390 e. The molecular weight excluding hydrogens is 468 g/mol. The molecule has 6 nitrogen and oxygen atoms in total. The summed E-state index contributed by atoms with van der Waals surface area (Å²) in [6.45, 7) is 6.91. The quantitative estimate of drug-likeness (QED) is 0.501. The first-order chi connectivity index (χ1) is 17.4. The molecule has 4 heterocycles. The van der Waals surface area contributed by atoms with E-state index in [2.05, 4.69) is 65.9 Å². The lowest BCUT2D eigenvalue weighted by atomic mass is 9.73.